The Bertz CT molecular complexity index is 1320. The van der Waals surface area contributed by atoms with E-state index >= 15 is 0 Å². The smallest absolute Gasteiger partial charge is 0.260 e. The first-order chi connectivity index (χ1) is 17.6. The molecule has 8 nitrogen and oxygen atoms in total. The predicted molar refractivity (Wildman–Crippen MR) is 139 cm³/mol. The van der Waals surface area contributed by atoms with Gasteiger partial charge in [-0.25, -0.2) is 0 Å². The van der Waals surface area contributed by atoms with Crippen LogP contribution in [0, 0.1) is 0 Å². The number of hydrogen-bond donors (Lipinski definition) is 0. The Labute approximate surface area is 210 Å². The second-order valence-corrected chi connectivity index (χ2v) is 8.51. The largest absolute Gasteiger partial charge is 0.496 e. The third-order valence-corrected chi connectivity index (χ3v) is 6.36. The average molecular weight is 485 g/mol. The number of carbonyl (C=O) groups excluding carboxylic acids is 1. The van der Waals surface area contributed by atoms with Crippen LogP contribution >= 0.6 is 0 Å². The van der Waals surface area contributed by atoms with Crippen LogP contribution in [0.2, 0.25) is 0 Å². The van der Waals surface area contributed by atoms with Gasteiger partial charge in [0.05, 0.1) is 19.9 Å². The number of ether oxygens (including phenoxy) is 3. The molecule has 1 aromatic heterocycles. The Morgan fingerprint density at radius 1 is 0.806 bits per heavy atom. The molecule has 0 saturated carbocycles. The molecule has 0 aliphatic carbocycles. The lowest BCUT2D eigenvalue weighted by Crippen LogP contribution is -2.50. The number of nitrogens with zero attached hydrogens (tertiary/aromatic N) is 4. The second-order valence-electron chi connectivity index (χ2n) is 8.51. The summed E-state index contributed by atoms with van der Waals surface area (Å²) in [5, 5.41) is 11.3. The summed E-state index contributed by atoms with van der Waals surface area (Å²) in [6.45, 7) is 2.50. The standard InChI is InChI=1S/C28H28N4O4/c1-34-21-16-22(35-2)18-23(17-21)36-19-28(33)32-14-12-31(13-15-32)27-11-10-26(29-30-27)25-9-5-7-20-6-3-4-8-24(20)25/h3-11,16-18H,12-15,19H2,1-2H3. The number of carbonyl (C=O) groups is 1. The molecule has 1 fully saturated rings. The minimum atomic E-state index is -0.0613. The molecule has 184 valence electrons. The van der Waals surface area contributed by atoms with Crippen LogP contribution in [-0.4, -0.2) is 68.0 Å². The minimum Gasteiger partial charge on any atom is -0.496 e. The number of amides is 1. The monoisotopic (exact) mass is 484 g/mol. The Morgan fingerprint density at radius 2 is 1.50 bits per heavy atom. The Hall–Kier alpha value is -4.33. The third-order valence-electron chi connectivity index (χ3n) is 6.36. The van der Waals surface area contributed by atoms with Crippen molar-refractivity contribution in [3.8, 4) is 28.5 Å². The molecular weight excluding hydrogens is 456 g/mol. The molecule has 2 heterocycles. The first kappa shape index (κ1) is 23.4. The number of fused-ring (bicyclic) bond motifs is 1. The van der Waals surface area contributed by atoms with Gasteiger partial charge in [0, 0.05) is 49.9 Å². The lowest BCUT2D eigenvalue weighted by atomic mass is 10.0. The molecule has 0 atom stereocenters. The SMILES string of the molecule is COc1cc(OC)cc(OCC(=O)N2CCN(c3ccc(-c4cccc5ccccc45)nn3)CC2)c1. The molecule has 1 aliphatic rings. The van der Waals surface area contributed by atoms with Crippen LogP contribution in [0.5, 0.6) is 17.2 Å². The fourth-order valence-electron chi connectivity index (χ4n) is 4.37. The van der Waals surface area contributed by atoms with Crippen LogP contribution in [0.3, 0.4) is 0 Å². The third kappa shape index (κ3) is 5.02. The van der Waals surface area contributed by atoms with Crippen LogP contribution in [0.25, 0.3) is 22.0 Å². The topological polar surface area (TPSA) is 77.0 Å². The number of rotatable bonds is 7. The van der Waals surface area contributed by atoms with E-state index in [9.17, 15) is 4.79 Å². The van der Waals surface area contributed by atoms with E-state index in [0.717, 1.165) is 22.5 Å². The van der Waals surface area contributed by atoms with Gasteiger partial charge in [0.2, 0.25) is 0 Å². The number of aromatic nitrogens is 2. The van der Waals surface area contributed by atoms with Crippen molar-refractivity contribution in [3.05, 3.63) is 72.8 Å². The molecule has 0 unspecified atom stereocenters. The highest BCUT2D eigenvalue weighted by Gasteiger charge is 2.23. The van der Waals surface area contributed by atoms with Gasteiger partial charge in [-0.1, -0.05) is 42.5 Å². The Morgan fingerprint density at radius 3 is 2.19 bits per heavy atom. The number of piperazine rings is 1. The zero-order valence-electron chi connectivity index (χ0n) is 20.4. The van der Waals surface area contributed by atoms with Gasteiger partial charge in [0.1, 0.15) is 17.2 Å². The lowest BCUT2D eigenvalue weighted by molar-refractivity contribution is -0.133. The molecular formula is C28H28N4O4. The number of benzene rings is 3. The number of anilines is 1. The van der Waals surface area contributed by atoms with E-state index in [2.05, 4.69) is 39.4 Å². The lowest BCUT2D eigenvalue weighted by Gasteiger charge is -2.35. The fourth-order valence-corrected chi connectivity index (χ4v) is 4.37. The first-order valence-electron chi connectivity index (χ1n) is 11.8. The Kier molecular flexibility index (Phi) is 6.84. The average Bonchev–Trinajstić information content (AvgIpc) is 2.95. The summed E-state index contributed by atoms with van der Waals surface area (Å²) in [6, 6.07) is 23.7. The van der Waals surface area contributed by atoms with E-state index < -0.39 is 0 Å². The maximum atomic E-state index is 12.7. The molecule has 3 aromatic carbocycles. The summed E-state index contributed by atoms with van der Waals surface area (Å²) in [4.78, 5) is 16.7. The van der Waals surface area contributed by atoms with Crippen molar-refractivity contribution in [1.82, 2.24) is 15.1 Å². The van der Waals surface area contributed by atoms with Crippen LogP contribution in [0.15, 0.2) is 72.8 Å². The van der Waals surface area contributed by atoms with Crippen molar-refractivity contribution in [3.63, 3.8) is 0 Å². The molecule has 5 rings (SSSR count). The summed E-state index contributed by atoms with van der Waals surface area (Å²) in [7, 11) is 3.15. The highest BCUT2D eigenvalue weighted by Crippen LogP contribution is 2.29. The van der Waals surface area contributed by atoms with Crippen LogP contribution < -0.4 is 19.1 Å². The summed E-state index contributed by atoms with van der Waals surface area (Å²) < 4.78 is 16.2. The van der Waals surface area contributed by atoms with E-state index in [1.807, 2.05) is 35.2 Å². The predicted octanol–water partition coefficient (Wildman–Crippen LogP) is 4.04. The van der Waals surface area contributed by atoms with E-state index in [1.54, 1.807) is 32.4 Å². The molecule has 1 amide bonds. The van der Waals surface area contributed by atoms with Gasteiger partial charge >= 0.3 is 0 Å². The zero-order valence-corrected chi connectivity index (χ0v) is 20.4. The molecule has 0 radical (unpaired) electrons. The van der Waals surface area contributed by atoms with Gasteiger partial charge < -0.3 is 24.0 Å². The van der Waals surface area contributed by atoms with Crippen LogP contribution in [0.1, 0.15) is 0 Å². The van der Waals surface area contributed by atoms with Gasteiger partial charge in [0.25, 0.3) is 5.91 Å². The van der Waals surface area contributed by atoms with E-state index in [4.69, 9.17) is 14.2 Å². The highest BCUT2D eigenvalue weighted by molar-refractivity contribution is 5.95. The maximum Gasteiger partial charge on any atom is 0.260 e. The molecule has 0 spiro atoms. The highest BCUT2D eigenvalue weighted by atomic mass is 16.5. The summed E-state index contributed by atoms with van der Waals surface area (Å²) >= 11 is 0. The van der Waals surface area contributed by atoms with Crippen molar-refractivity contribution in [2.24, 2.45) is 0 Å². The molecule has 1 aliphatic heterocycles. The molecule has 0 N–H and O–H groups in total. The van der Waals surface area contributed by atoms with Gasteiger partial charge in [-0.3, -0.25) is 4.79 Å². The van der Waals surface area contributed by atoms with Crippen molar-refractivity contribution in [2.45, 2.75) is 0 Å². The molecule has 4 aromatic rings. The summed E-state index contributed by atoms with van der Waals surface area (Å²) in [5.41, 5.74) is 1.91. The van der Waals surface area contributed by atoms with Crippen molar-refractivity contribution in [1.29, 1.82) is 0 Å². The van der Waals surface area contributed by atoms with Crippen LogP contribution in [0.4, 0.5) is 5.82 Å². The number of hydrogen-bond acceptors (Lipinski definition) is 7. The maximum absolute atomic E-state index is 12.7. The van der Waals surface area contributed by atoms with Gasteiger partial charge in [-0.2, -0.15) is 0 Å². The molecule has 1 saturated heterocycles. The summed E-state index contributed by atoms with van der Waals surface area (Å²) in [5.74, 6) is 2.50. The fraction of sp³-hybridized carbons (Fsp3) is 0.250. The number of methoxy groups -OCH3 is 2. The summed E-state index contributed by atoms with van der Waals surface area (Å²) in [6.07, 6.45) is 0. The van der Waals surface area contributed by atoms with E-state index in [0.29, 0.717) is 43.4 Å². The normalized spacial score (nSPS) is 13.5. The van der Waals surface area contributed by atoms with Gasteiger partial charge in [-0.05, 0) is 22.9 Å². The van der Waals surface area contributed by atoms with E-state index in [-0.39, 0.29) is 12.5 Å². The van der Waals surface area contributed by atoms with Crippen LogP contribution in [-0.2, 0) is 4.79 Å². The minimum absolute atomic E-state index is 0.0458. The first-order valence-corrected chi connectivity index (χ1v) is 11.8. The van der Waals surface area contributed by atoms with Crippen molar-refractivity contribution in [2.75, 3.05) is 51.9 Å². The second kappa shape index (κ2) is 10.5. The quantitative estimate of drug-likeness (QED) is 0.392. The van der Waals surface area contributed by atoms with Crippen molar-refractivity contribution >= 4 is 22.5 Å². The van der Waals surface area contributed by atoms with Gasteiger partial charge in [-0.15, -0.1) is 10.2 Å². The molecule has 0 bridgehead atoms. The zero-order chi connectivity index (χ0) is 24.9. The van der Waals surface area contributed by atoms with Gasteiger partial charge in [0.15, 0.2) is 12.4 Å². The van der Waals surface area contributed by atoms with Crippen molar-refractivity contribution < 1.29 is 19.0 Å². The Balaban J connectivity index is 1.18. The molecule has 8 heteroatoms. The van der Waals surface area contributed by atoms with E-state index in [1.165, 1.54) is 5.39 Å². The molecule has 36 heavy (non-hydrogen) atoms.